The van der Waals surface area contributed by atoms with Crippen LogP contribution in [0, 0.1) is 58.2 Å². The van der Waals surface area contributed by atoms with Gasteiger partial charge in [-0.05, 0) is 0 Å². The van der Waals surface area contributed by atoms with Crippen molar-refractivity contribution in [2.75, 3.05) is 0 Å². The van der Waals surface area contributed by atoms with Crippen LogP contribution in [-0.4, -0.2) is 58.7 Å². The van der Waals surface area contributed by atoms with Crippen LogP contribution in [0.3, 0.4) is 0 Å². The molecule has 6 fully saturated rings. The Labute approximate surface area is 158 Å². The van der Waals surface area contributed by atoms with Crippen LogP contribution >= 0.6 is 17.8 Å². The fourth-order valence-corrected chi connectivity index (χ4v) is 39.3. The Morgan fingerprint density at radius 3 is 1.27 bits per heavy atom. The number of halogens is 1. The Morgan fingerprint density at radius 1 is 0.769 bits per heavy atom. The predicted molar refractivity (Wildman–Crippen MR) is 92.8 cm³/mol. The standard InChI is InChI=1S/C8H3N4O8.2C2H5.HI.Pb/c13-9(14)5-1-6(10(15)16)2(5)8(12(19)20)3(5)7(1,4(6)8)11(17)18;2*1-2;;/h1-3H;2*1H2,2H3;1H;/q;;;;+1/p-1. The summed E-state index contributed by atoms with van der Waals surface area (Å²) >= 11 is -1.82. The number of nitro groups is 4. The molecule has 0 heterocycles. The van der Waals surface area contributed by atoms with Crippen molar-refractivity contribution in [2.45, 2.75) is 46.9 Å². The quantitative estimate of drug-likeness (QED) is 0.167. The maximum atomic E-state index is 12.1. The summed E-state index contributed by atoms with van der Waals surface area (Å²) in [6.07, 6.45) is 0. The zero-order valence-corrected chi connectivity index (χ0v) is 19.6. The van der Waals surface area contributed by atoms with Crippen LogP contribution < -0.4 is 0 Å². The van der Waals surface area contributed by atoms with E-state index in [0.29, 0.717) is 7.96 Å². The summed E-state index contributed by atoms with van der Waals surface area (Å²) in [4.78, 5) is 45.6. The van der Waals surface area contributed by atoms with Gasteiger partial charge in [-0.15, -0.1) is 0 Å². The molecule has 26 heavy (non-hydrogen) atoms. The minimum absolute atomic E-state index is 0.502. The van der Waals surface area contributed by atoms with Gasteiger partial charge in [0.25, 0.3) is 0 Å². The average molecular weight is 675 g/mol. The van der Waals surface area contributed by atoms with E-state index in [4.69, 9.17) is 0 Å². The topological polar surface area (TPSA) is 173 Å². The van der Waals surface area contributed by atoms with Crippen molar-refractivity contribution in [3.05, 3.63) is 40.5 Å². The molecule has 0 amide bonds. The second kappa shape index (κ2) is 3.86. The van der Waals surface area contributed by atoms with Gasteiger partial charge in [0, 0.05) is 0 Å². The molecule has 0 bridgehead atoms. The summed E-state index contributed by atoms with van der Waals surface area (Å²) in [7, 11) is 0. The third-order valence-electron chi connectivity index (χ3n) is 8.85. The van der Waals surface area contributed by atoms with Crippen molar-refractivity contribution in [1.82, 2.24) is 0 Å². The first-order chi connectivity index (χ1) is 12.0. The number of hydrogen-bond donors (Lipinski definition) is 0. The normalized spacial score (nSPS) is 55.9. The fourth-order valence-electron chi connectivity index (χ4n) is 9.08. The Hall–Kier alpha value is -0.748. The molecular formula is C12H13IN4O8Pb. The van der Waals surface area contributed by atoms with Gasteiger partial charge in [-0.2, -0.15) is 0 Å². The summed E-state index contributed by atoms with van der Waals surface area (Å²) in [6, 6.07) is 0. The molecule has 6 rings (SSSR count). The van der Waals surface area contributed by atoms with Crippen molar-refractivity contribution < 1.29 is 19.7 Å². The van der Waals surface area contributed by atoms with Crippen LogP contribution in [0.25, 0.3) is 0 Å². The second-order valence-electron chi connectivity index (χ2n) is 8.11. The van der Waals surface area contributed by atoms with E-state index in [-0.39, 0.29) is 0 Å². The summed E-state index contributed by atoms with van der Waals surface area (Å²) in [5.74, 6) is -3.90. The molecule has 0 radical (unpaired) electrons. The van der Waals surface area contributed by atoms with Gasteiger partial charge >= 0.3 is 159 Å². The van der Waals surface area contributed by atoms with Gasteiger partial charge in [0.05, 0.1) is 0 Å². The maximum absolute atomic E-state index is 12.1. The van der Waals surface area contributed by atoms with E-state index in [0.717, 1.165) is 0 Å². The van der Waals surface area contributed by atoms with Gasteiger partial charge in [-0.1, -0.05) is 0 Å². The molecule has 0 saturated heterocycles. The first kappa shape index (κ1) is 17.4. The first-order valence-electron chi connectivity index (χ1n) is 8.26. The Bertz CT molecular complexity index is 790. The molecule has 0 unspecified atom stereocenters. The molecule has 0 aromatic carbocycles. The van der Waals surface area contributed by atoms with E-state index in [9.17, 15) is 40.5 Å². The summed E-state index contributed by atoms with van der Waals surface area (Å²) in [5.41, 5.74) is -7.32. The van der Waals surface area contributed by atoms with E-state index in [1.54, 1.807) is 13.8 Å². The van der Waals surface area contributed by atoms with Crippen molar-refractivity contribution in [3.63, 3.8) is 0 Å². The van der Waals surface area contributed by atoms with Crippen LogP contribution in [0.1, 0.15) is 13.8 Å². The fraction of sp³-hybridized carbons (Fsp3) is 1.00. The Morgan fingerprint density at radius 2 is 1.08 bits per heavy atom. The molecule has 0 atom stereocenters. The minimum atomic E-state index is -3.97. The summed E-state index contributed by atoms with van der Waals surface area (Å²) in [5, 5.41) is 48.1. The molecule has 14 heteroatoms. The van der Waals surface area contributed by atoms with Crippen molar-refractivity contribution in [1.29, 1.82) is 0 Å². The van der Waals surface area contributed by atoms with Crippen LogP contribution in [0.15, 0.2) is 0 Å². The van der Waals surface area contributed by atoms with E-state index in [2.05, 4.69) is 17.8 Å². The number of hydrogen-bond acceptors (Lipinski definition) is 8. The molecule has 12 nitrogen and oxygen atoms in total. The zero-order chi connectivity index (χ0) is 19.5. The van der Waals surface area contributed by atoms with Crippen molar-refractivity contribution in [3.8, 4) is 0 Å². The average Bonchev–Trinajstić information content (AvgIpc) is 2.57. The van der Waals surface area contributed by atoms with Crippen LogP contribution in [0.5, 0.6) is 0 Å². The summed E-state index contributed by atoms with van der Waals surface area (Å²) < 4.78 is -0.552. The van der Waals surface area contributed by atoms with E-state index in [1.807, 2.05) is 0 Å². The third kappa shape index (κ3) is 0.810. The number of rotatable bonds is 7. The van der Waals surface area contributed by atoms with Crippen molar-refractivity contribution >= 4 is 34.6 Å². The Balaban J connectivity index is 1.86. The van der Waals surface area contributed by atoms with Gasteiger partial charge in [0.2, 0.25) is 0 Å². The monoisotopic (exact) mass is 676 g/mol. The molecule has 6 aliphatic rings. The third-order valence-corrected chi connectivity index (χ3v) is 47.9. The van der Waals surface area contributed by atoms with Gasteiger partial charge in [0.15, 0.2) is 0 Å². The van der Waals surface area contributed by atoms with Gasteiger partial charge in [-0.25, -0.2) is 0 Å². The molecule has 0 aliphatic heterocycles. The molecule has 140 valence electrons. The first-order valence-corrected chi connectivity index (χ1v) is 26.6. The molecule has 0 aromatic heterocycles. The molecule has 0 aromatic rings. The second-order valence-corrected chi connectivity index (χ2v) is 42.2. The van der Waals surface area contributed by atoms with E-state index in [1.165, 1.54) is 0 Å². The molecule has 0 spiro atoms. The van der Waals surface area contributed by atoms with E-state index >= 15 is 0 Å². The molecule has 6 aliphatic carbocycles. The predicted octanol–water partition coefficient (Wildman–Crippen LogP) is 1.13. The van der Waals surface area contributed by atoms with Crippen LogP contribution in [0.2, 0.25) is 10.9 Å². The number of nitrogens with zero attached hydrogens (tertiary/aromatic N) is 4. The van der Waals surface area contributed by atoms with Gasteiger partial charge in [-0.3, -0.25) is 0 Å². The van der Waals surface area contributed by atoms with Crippen LogP contribution in [-0.2, 0) is 0 Å². The van der Waals surface area contributed by atoms with Gasteiger partial charge in [0.1, 0.15) is 0 Å². The molecular weight excluding hydrogens is 662 g/mol. The van der Waals surface area contributed by atoms with E-state index < -0.39 is 79.5 Å². The van der Waals surface area contributed by atoms with Crippen LogP contribution in [0.4, 0.5) is 0 Å². The SMILES string of the molecule is C[CH2][Pb]([I])([CH2]C)[C]12C3([N+](=O)[O-])C4C5([N+](=O)[O-])C3C1([N+](=O)[O-])C5C42[N+](=O)[O-]. The van der Waals surface area contributed by atoms with Gasteiger partial charge < -0.3 is 0 Å². The molecule has 6 saturated carbocycles. The summed E-state index contributed by atoms with van der Waals surface area (Å²) in [6.45, 7) is 3.61. The zero-order valence-electron chi connectivity index (χ0n) is 13.6. The van der Waals surface area contributed by atoms with Crippen molar-refractivity contribution in [2.24, 2.45) is 17.8 Å². The molecule has 0 N–H and O–H groups in total. The Kier molecular flexibility index (Phi) is 2.58.